The lowest BCUT2D eigenvalue weighted by molar-refractivity contribution is 0.197. The first-order valence-electron chi connectivity index (χ1n) is 3.75. The number of phenols is 1. The molecule has 0 radical (unpaired) electrons. The van der Waals surface area contributed by atoms with E-state index < -0.39 is 6.10 Å². The fourth-order valence-corrected chi connectivity index (χ4v) is 1.10. The Balaban J connectivity index is 2.69. The molecule has 0 fully saturated rings. The number of hydrogen-bond acceptors (Lipinski definition) is 2. The van der Waals surface area contributed by atoms with Crippen molar-refractivity contribution in [3.05, 3.63) is 29.8 Å². The van der Waals surface area contributed by atoms with E-state index in [4.69, 9.17) is 11.6 Å². The smallest absolute Gasteiger partial charge is 0.118 e. The van der Waals surface area contributed by atoms with Gasteiger partial charge in [0.2, 0.25) is 0 Å². The van der Waals surface area contributed by atoms with Gasteiger partial charge in [-0.2, -0.15) is 0 Å². The van der Waals surface area contributed by atoms with E-state index in [0.29, 0.717) is 6.42 Å². The summed E-state index contributed by atoms with van der Waals surface area (Å²) < 4.78 is 0. The number of phenolic OH excluding ortho intramolecular Hbond substituents is 1. The molecule has 1 atom stereocenters. The van der Waals surface area contributed by atoms with Gasteiger partial charge in [0, 0.05) is 12.3 Å². The molecule has 0 saturated carbocycles. The zero-order valence-electron chi connectivity index (χ0n) is 6.57. The number of aliphatic hydroxyl groups excluding tert-OH is 1. The Bertz CT molecular complexity index is 250. The van der Waals surface area contributed by atoms with Gasteiger partial charge in [0.25, 0.3) is 0 Å². The Morgan fingerprint density at radius 3 is 2.58 bits per heavy atom. The lowest BCUT2D eigenvalue weighted by Crippen LogP contribution is -2.11. The van der Waals surface area contributed by atoms with E-state index in [1.807, 2.05) is 6.07 Å². The van der Waals surface area contributed by atoms with E-state index in [1.54, 1.807) is 18.2 Å². The van der Waals surface area contributed by atoms with Gasteiger partial charge in [0.1, 0.15) is 5.75 Å². The van der Waals surface area contributed by atoms with Crippen molar-refractivity contribution in [1.29, 1.82) is 0 Å². The summed E-state index contributed by atoms with van der Waals surface area (Å²) in [6.07, 6.45) is -0.184. The van der Waals surface area contributed by atoms with Crippen molar-refractivity contribution in [1.82, 2.24) is 0 Å². The Hall–Kier alpha value is -0.730. The van der Waals surface area contributed by atoms with E-state index in [9.17, 15) is 10.2 Å². The van der Waals surface area contributed by atoms with Crippen molar-refractivity contribution >= 4 is 11.6 Å². The topological polar surface area (TPSA) is 40.5 Å². The highest BCUT2D eigenvalue weighted by atomic mass is 35.5. The number of hydrogen-bond donors (Lipinski definition) is 2. The molecule has 1 rings (SSSR count). The molecule has 0 aliphatic heterocycles. The number of aliphatic hydroxyl groups is 1. The summed E-state index contributed by atoms with van der Waals surface area (Å²) in [5.41, 5.74) is 0.727. The molecule has 1 aromatic rings. The quantitative estimate of drug-likeness (QED) is 0.703. The molecule has 0 aliphatic carbocycles. The molecule has 0 bridgehead atoms. The van der Waals surface area contributed by atoms with Gasteiger partial charge in [-0.05, 0) is 11.6 Å². The van der Waals surface area contributed by atoms with E-state index >= 15 is 0 Å². The fourth-order valence-electron chi connectivity index (χ4n) is 0.992. The van der Waals surface area contributed by atoms with Gasteiger partial charge in [-0.1, -0.05) is 18.2 Å². The maximum atomic E-state index is 9.30. The summed E-state index contributed by atoms with van der Waals surface area (Å²) in [6, 6.07) is 6.92. The maximum Gasteiger partial charge on any atom is 0.118 e. The Morgan fingerprint density at radius 1 is 1.33 bits per heavy atom. The van der Waals surface area contributed by atoms with Gasteiger partial charge in [0.05, 0.1) is 6.10 Å². The second-order valence-corrected chi connectivity index (χ2v) is 2.95. The molecular weight excluding hydrogens is 176 g/mol. The molecular formula is C9H11ClO2. The number of benzene rings is 1. The normalized spacial score (nSPS) is 12.8. The molecule has 2 N–H and O–H groups in total. The molecule has 0 saturated heterocycles. The third-order valence-electron chi connectivity index (χ3n) is 1.63. The summed E-state index contributed by atoms with van der Waals surface area (Å²) in [4.78, 5) is 0. The molecule has 0 heterocycles. The molecule has 66 valence electrons. The van der Waals surface area contributed by atoms with Crippen LogP contribution >= 0.6 is 11.6 Å². The molecule has 2 nitrogen and oxygen atoms in total. The van der Waals surface area contributed by atoms with Gasteiger partial charge in [-0.3, -0.25) is 0 Å². The molecule has 0 amide bonds. The van der Waals surface area contributed by atoms with Crippen LogP contribution in [0.25, 0.3) is 0 Å². The predicted octanol–water partition coefficient (Wildman–Crippen LogP) is 1.53. The molecule has 1 unspecified atom stereocenters. The third kappa shape index (κ3) is 2.40. The molecule has 1 aromatic carbocycles. The maximum absolute atomic E-state index is 9.30. The van der Waals surface area contributed by atoms with Crippen LogP contribution in [0.5, 0.6) is 5.75 Å². The van der Waals surface area contributed by atoms with Crippen LogP contribution in [0.4, 0.5) is 0 Å². The third-order valence-corrected chi connectivity index (χ3v) is 1.98. The van der Waals surface area contributed by atoms with Gasteiger partial charge >= 0.3 is 0 Å². The zero-order valence-corrected chi connectivity index (χ0v) is 7.33. The van der Waals surface area contributed by atoms with Crippen LogP contribution in [-0.4, -0.2) is 22.2 Å². The molecule has 3 heteroatoms. The van der Waals surface area contributed by atoms with E-state index in [-0.39, 0.29) is 11.6 Å². The number of rotatable bonds is 3. The SMILES string of the molecule is Oc1ccccc1CC(O)CCl. The molecule has 0 aliphatic rings. The van der Waals surface area contributed by atoms with Crippen LogP contribution in [0.15, 0.2) is 24.3 Å². The number of halogens is 1. The minimum absolute atomic E-state index is 0.189. The van der Waals surface area contributed by atoms with Crippen molar-refractivity contribution in [3.8, 4) is 5.75 Å². The van der Waals surface area contributed by atoms with Crippen LogP contribution < -0.4 is 0 Å². The van der Waals surface area contributed by atoms with Crippen LogP contribution in [0.2, 0.25) is 0 Å². The van der Waals surface area contributed by atoms with Crippen LogP contribution in [0.1, 0.15) is 5.56 Å². The Kier molecular flexibility index (Phi) is 3.38. The Morgan fingerprint density at radius 2 is 2.00 bits per heavy atom. The predicted molar refractivity (Wildman–Crippen MR) is 48.5 cm³/mol. The summed E-state index contributed by atoms with van der Waals surface area (Å²) in [5.74, 6) is 0.399. The first kappa shape index (κ1) is 9.36. The van der Waals surface area contributed by atoms with Gasteiger partial charge < -0.3 is 10.2 Å². The number of para-hydroxylation sites is 1. The average molecular weight is 187 g/mol. The monoisotopic (exact) mass is 186 g/mol. The molecule has 0 aromatic heterocycles. The molecule has 12 heavy (non-hydrogen) atoms. The van der Waals surface area contributed by atoms with Crippen molar-refractivity contribution in [2.24, 2.45) is 0 Å². The lowest BCUT2D eigenvalue weighted by Gasteiger charge is -2.07. The van der Waals surface area contributed by atoms with Gasteiger partial charge in [-0.25, -0.2) is 0 Å². The second-order valence-electron chi connectivity index (χ2n) is 2.64. The minimum atomic E-state index is -0.583. The highest BCUT2D eigenvalue weighted by molar-refractivity contribution is 6.18. The van der Waals surface area contributed by atoms with Crippen LogP contribution in [-0.2, 0) is 6.42 Å². The zero-order chi connectivity index (χ0) is 8.97. The summed E-state index contributed by atoms with van der Waals surface area (Å²) in [5, 5.41) is 18.5. The summed E-state index contributed by atoms with van der Waals surface area (Å²) in [7, 11) is 0. The van der Waals surface area contributed by atoms with Crippen LogP contribution in [0.3, 0.4) is 0 Å². The highest BCUT2D eigenvalue weighted by Gasteiger charge is 2.06. The van der Waals surface area contributed by atoms with E-state index in [2.05, 4.69) is 0 Å². The number of aromatic hydroxyl groups is 1. The highest BCUT2D eigenvalue weighted by Crippen LogP contribution is 2.17. The first-order valence-corrected chi connectivity index (χ1v) is 4.28. The van der Waals surface area contributed by atoms with Crippen molar-refractivity contribution < 1.29 is 10.2 Å². The Labute approximate surface area is 76.4 Å². The minimum Gasteiger partial charge on any atom is -0.508 e. The second kappa shape index (κ2) is 4.33. The van der Waals surface area contributed by atoms with Gasteiger partial charge in [-0.15, -0.1) is 11.6 Å². The molecule has 0 spiro atoms. The van der Waals surface area contributed by atoms with Crippen molar-refractivity contribution in [2.45, 2.75) is 12.5 Å². The summed E-state index contributed by atoms with van der Waals surface area (Å²) in [6.45, 7) is 0. The van der Waals surface area contributed by atoms with Gasteiger partial charge in [0.15, 0.2) is 0 Å². The first-order chi connectivity index (χ1) is 5.74. The summed E-state index contributed by atoms with van der Waals surface area (Å²) >= 11 is 5.42. The standard InChI is InChI=1S/C9H11ClO2/c10-6-8(11)5-7-3-1-2-4-9(7)12/h1-4,8,11-12H,5-6H2. The number of alkyl halides is 1. The van der Waals surface area contributed by atoms with Crippen LogP contribution in [0, 0.1) is 0 Å². The van der Waals surface area contributed by atoms with E-state index in [1.165, 1.54) is 0 Å². The fraction of sp³-hybridized carbons (Fsp3) is 0.333. The van der Waals surface area contributed by atoms with E-state index in [0.717, 1.165) is 5.56 Å². The lowest BCUT2D eigenvalue weighted by atomic mass is 10.1. The largest absolute Gasteiger partial charge is 0.508 e. The van der Waals surface area contributed by atoms with Crippen molar-refractivity contribution in [3.63, 3.8) is 0 Å². The average Bonchev–Trinajstić information content (AvgIpc) is 2.09. The van der Waals surface area contributed by atoms with Crippen molar-refractivity contribution in [2.75, 3.05) is 5.88 Å².